The lowest BCUT2D eigenvalue weighted by molar-refractivity contribution is 0.869. The molecule has 0 aliphatic rings. The van der Waals surface area contributed by atoms with Crippen molar-refractivity contribution in [3.05, 3.63) is 72.8 Å². The van der Waals surface area contributed by atoms with Gasteiger partial charge < -0.3 is 9.80 Å². The van der Waals surface area contributed by atoms with Crippen LogP contribution in [-0.2, 0) is 0 Å². The molecule has 0 saturated carbocycles. The first kappa shape index (κ1) is 20.6. The zero-order valence-electron chi connectivity index (χ0n) is 19.7. The number of fused-ring (bicyclic) bond motifs is 4. The van der Waals surface area contributed by atoms with Gasteiger partial charge in [-0.2, -0.15) is 0 Å². The van der Waals surface area contributed by atoms with Gasteiger partial charge in [-0.3, -0.25) is 0 Å². The Morgan fingerprint density at radius 1 is 0.438 bits per heavy atom. The van der Waals surface area contributed by atoms with E-state index in [1.807, 2.05) is 0 Å². The van der Waals surface area contributed by atoms with E-state index in [2.05, 4.69) is 110 Å². The molecule has 0 heterocycles. The molecular weight excluding hydrogens is 388 g/mol. The van der Waals surface area contributed by atoms with Gasteiger partial charge in [-0.1, -0.05) is 48.5 Å². The van der Waals surface area contributed by atoms with E-state index >= 15 is 0 Å². The summed E-state index contributed by atoms with van der Waals surface area (Å²) in [4.78, 5) is 5.06. The Morgan fingerprint density at radius 3 is 0.906 bits per heavy atom. The number of anilines is 2. The molecule has 0 aromatic heterocycles. The second kappa shape index (κ2) is 8.35. The van der Waals surface area contributed by atoms with Crippen LogP contribution in [0.25, 0.3) is 43.1 Å². The summed E-state index contributed by atoms with van der Waals surface area (Å²) in [6, 6.07) is 27.2. The van der Waals surface area contributed by atoms with E-state index in [0.29, 0.717) is 0 Å². The van der Waals surface area contributed by atoms with Crippen molar-refractivity contribution in [1.82, 2.24) is 0 Å². The van der Waals surface area contributed by atoms with Gasteiger partial charge in [0.05, 0.1) is 11.4 Å². The van der Waals surface area contributed by atoms with Gasteiger partial charge >= 0.3 is 0 Å². The van der Waals surface area contributed by atoms with Crippen LogP contribution in [0.15, 0.2) is 72.8 Å². The number of nitrogens with zero attached hydrogens (tertiary/aromatic N) is 2. The van der Waals surface area contributed by atoms with E-state index in [9.17, 15) is 0 Å². The van der Waals surface area contributed by atoms with Crippen LogP contribution >= 0.6 is 0 Å². The molecule has 0 bridgehead atoms. The fourth-order valence-corrected chi connectivity index (χ4v) is 5.32. The van der Waals surface area contributed by atoms with Crippen molar-refractivity contribution in [3.8, 4) is 0 Å². The fraction of sp³-hybridized carbons (Fsp3) is 0.267. The third-order valence-electron chi connectivity index (χ3n) is 6.95. The maximum atomic E-state index is 2.53. The predicted molar refractivity (Wildman–Crippen MR) is 144 cm³/mol. The van der Waals surface area contributed by atoms with Crippen LogP contribution in [0.2, 0.25) is 0 Å². The summed E-state index contributed by atoms with van der Waals surface area (Å²) in [7, 11) is 0. The van der Waals surface area contributed by atoms with Gasteiger partial charge in [-0.25, -0.2) is 0 Å². The second-order valence-electron chi connectivity index (χ2n) is 8.53. The van der Waals surface area contributed by atoms with Gasteiger partial charge in [-0.15, -0.1) is 0 Å². The van der Waals surface area contributed by atoms with Crippen LogP contribution in [0, 0.1) is 0 Å². The first-order valence-electron chi connectivity index (χ1n) is 12.0. The molecule has 0 N–H and O–H groups in total. The molecule has 0 saturated heterocycles. The monoisotopic (exact) mass is 420 g/mol. The van der Waals surface area contributed by atoms with Crippen molar-refractivity contribution in [2.45, 2.75) is 27.7 Å². The summed E-state index contributed by atoms with van der Waals surface area (Å²) >= 11 is 0. The maximum absolute atomic E-state index is 2.53. The molecule has 5 aromatic carbocycles. The van der Waals surface area contributed by atoms with Gasteiger partial charge in [-0.05, 0) is 73.5 Å². The van der Waals surface area contributed by atoms with Gasteiger partial charge in [0.2, 0.25) is 0 Å². The Morgan fingerprint density at radius 2 is 0.688 bits per heavy atom. The molecular formula is C30H32N2. The number of benzene rings is 5. The molecule has 0 fully saturated rings. The SMILES string of the molecule is CCN(CC)c1c2cc3ccccc3cc2c(N(CC)CC)c2cc3ccccc3cc12. The third-order valence-corrected chi connectivity index (χ3v) is 6.95. The number of hydrogen-bond donors (Lipinski definition) is 0. The second-order valence-corrected chi connectivity index (χ2v) is 8.53. The third kappa shape index (κ3) is 3.17. The largest absolute Gasteiger partial charge is 0.371 e. The van der Waals surface area contributed by atoms with Gasteiger partial charge in [0.1, 0.15) is 0 Å². The Balaban J connectivity index is 2.07. The van der Waals surface area contributed by atoms with Crippen molar-refractivity contribution in [2.24, 2.45) is 0 Å². The highest BCUT2D eigenvalue weighted by Gasteiger charge is 2.21. The van der Waals surface area contributed by atoms with Gasteiger partial charge in [0, 0.05) is 47.7 Å². The molecule has 0 aliphatic heterocycles. The maximum Gasteiger partial charge on any atom is 0.0527 e. The van der Waals surface area contributed by atoms with Crippen LogP contribution in [0.4, 0.5) is 11.4 Å². The van der Waals surface area contributed by atoms with Crippen molar-refractivity contribution in [2.75, 3.05) is 36.0 Å². The topological polar surface area (TPSA) is 6.48 Å². The van der Waals surface area contributed by atoms with Crippen LogP contribution < -0.4 is 9.80 Å². The minimum atomic E-state index is 0.991. The molecule has 0 aliphatic carbocycles. The molecule has 0 radical (unpaired) electrons. The van der Waals surface area contributed by atoms with Crippen LogP contribution in [0.5, 0.6) is 0 Å². The van der Waals surface area contributed by atoms with Crippen LogP contribution in [0.1, 0.15) is 27.7 Å². The molecule has 5 aromatic rings. The zero-order valence-corrected chi connectivity index (χ0v) is 19.7. The number of rotatable bonds is 6. The molecule has 0 spiro atoms. The van der Waals surface area contributed by atoms with Gasteiger partial charge in [0.15, 0.2) is 0 Å². The highest BCUT2D eigenvalue weighted by atomic mass is 15.1. The lowest BCUT2D eigenvalue weighted by Gasteiger charge is -2.31. The minimum absolute atomic E-state index is 0.991. The van der Waals surface area contributed by atoms with Gasteiger partial charge in [0.25, 0.3) is 0 Å². The molecule has 2 nitrogen and oxygen atoms in total. The smallest absolute Gasteiger partial charge is 0.0527 e. The van der Waals surface area contributed by atoms with Crippen molar-refractivity contribution < 1.29 is 0 Å². The zero-order chi connectivity index (χ0) is 22.2. The molecule has 0 unspecified atom stereocenters. The highest BCUT2D eigenvalue weighted by Crippen LogP contribution is 2.46. The van der Waals surface area contributed by atoms with Crippen molar-refractivity contribution in [3.63, 3.8) is 0 Å². The summed E-state index contributed by atoms with van der Waals surface area (Å²) in [6.45, 7) is 13.0. The summed E-state index contributed by atoms with van der Waals surface area (Å²) in [5.41, 5.74) is 2.74. The Bertz CT molecular complexity index is 1220. The van der Waals surface area contributed by atoms with E-state index in [-0.39, 0.29) is 0 Å². The molecule has 162 valence electrons. The molecule has 32 heavy (non-hydrogen) atoms. The minimum Gasteiger partial charge on any atom is -0.371 e. The average molecular weight is 421 g/mol. The Labute approximate surface area is 191 Å². The summed E-state index contributed by atoms with van der Waals surface area (Å²) in [6.07, 6.45) is 0. The highest BCUT2D eigenvalue weighted by molar-refractivity contribution is 6.24. The molecule has 2 heteroatoms. The van der Waals surface area contributed by atoms with E-state index in [1.165, 1.54) is 54.5 Å². The van der Waals surface area contributed by atoms with Crippen molar-refractivity contribution >= 4 is 54.5 Å². The Hall–Kier alpha value is -3.26. The number of hydrogen-bond acceptors (Lipinski definition) is 2. The summed E-state index contributed by atoms with van der Waals surface area (Å²) < 4.78 is 0. The predicted octanol–water partition coefficient (Wildman–Crippen LogP) is 7.99. The van der Waals surface area contributed by atoms with E-state index in [4.69, 9.17) is 0 Å². The molecule has 0 atom stereocenters. The molecule has 5 rings (SSSR count). The standard InChI is InChI=1S/C30H32N2/c1-5-31(6-2)29-25-17-21-13-9-11-15-23(21)19-27(25)30(32(7-3)8-4)28-20-24-16-12-10-14-22(24)18-26(28)29/h9-20H,5-8H2,1-4H3. The quantitative estimate of drug-likeness (QED) is 0.203. The average Bonchev–Trinajstić information content (AvgIpc) is 2.84. The van der Waals surface area contributed by atoms with E-state index in [1.54, 1.807) is 0 Å². The first-order valence-corrected chi connectivity index (χ1v) is 12.0. The normalized spacial score (nSPS) is 11.6. The van der Waals surface area contributed by atoms with Crippen LogP contribution in [-0.4, -0.2) is 26.2 Å². The lowest BCUT2D eigenvalue weighted by atomic mass is 9.92. The van der Waals surface area contributed by atoms with Crippen molar-refractivity contribution in [1.29, 1.82) is 0 Å². The van der Waals surface area contributed by atoms with Crippen LogP contribution in [0.3, 0.4) is 0 Å². The van der Waals surface area contributed by atoms with E-state index in [0.717, 1.165) is 26.2 Å². The fourth-order valence-electron chi connectivity index (χ4n) is 5.32. The first-order chi connectivity index (χ1) is 15.7. The van der Waals surface area contributed by atoms with E-state index < -0.39 is 0 Å². The molecule has 0 amide bonds. The lowest BCUT2D eigenvalue weighted by Crippen LogP contribution is -2.25. The Kier molecular flexibility index (Phi) is 5.38. The summed E-state index contributed by atoms with van der Waals surface area (Å²) in [5.74, 6) is 0. The summed E-state index contributed by atoms with van der Waals surface area (Å²) in [5, 5.41) is 10.7.